The number of carbonyl (C=O) groups excluding carboxylic acids is 1. The van der Waals surface area contributed by atoms with Crippen molar-refractivity contribution < 1.29 is 9.53 Å². The molecule has 0 aliphatic carbocycles. The molecule has 0 bridgehead atoms. The molecule has 2 aromatic rings. The highest BCUT2D eigenvalue weighted by atomic mass is 16.6. The minimum atomic E-state index is -0.516. The van der Waals surface area contributed by atoms with Crippen molar-refractivity contribution in [1.82, 2.24) is 9.47 Å². The summed E-state index contributed by atoms with van der Waals surface area (Å²) in [6.07, 6.45) is 1.38. The molecule has 0 atom stereocenters. The van der Waals surface area contributed by atoms with Crippen molar-refractivity contribution in [3.8, 4) is 11.8 Å². The van der Waals surface area contributed by atoms with Gasteiger partial charge in [0.1, 0.15) is 5.60 Å². The summed E-state index contributed by atoms with van der Waals surface area (Å²) in [5.41, 5.74) is 1.26. The quantitative estimate of drug-likeness (QED) is 0.736. The van der Waals surface area contributed by atoms with Crippen LogP contribution in [0.25, 0.3) is 10.9 Å². The first-order valence-corrected chi connectivity index (χ1v) is 9.17. The number of rotatable bonds is 3. The molecular formula is C22H30N2O2. The van der Waals surface area contributed by atoms with Crippen molar-refractivity contribution in [3.63, 3.8) is 0 Å². The van der Waals surface area contributed by atoms with Gasteiger partial charge in [0.25, 0.3) is 0 Å². The zero-order valence-corrected chi connectivity index (χ0v) is 17.0. The summed E-state index contributed by atoms with van der Waals surface area (Å²) in [5, 5.41) is 0.979. The number of aromatic nitrogens is 1. The van der Waals surface area contributed by atoms with Gasteiger partial charge in [-0.05, 0) is 72.7 Å². The fourth-order valence-corrected chi connectivity index (χ4v) is 2.88. The molecule has 0 aliphatic rings. The third kappa shape index (κ3) is 5.12. The molecule has 0 radical (unpaired) electrons. The van der Waals surface area contributed by atoms with E-state index in [0.29, 0.717) is 12.1 Å². The minimum absolute atomic E-state index is 0.365. The maximum absolute atomic E-state index is 12.3. The Morgan fingerprint density at radius 2 is 1.81 bits per heavy atom. The van der Waals surface area contributed by atoms with Crippen molar-refractivity contribution in [2.75, 3.05) is 6.54 Å². The number of nitrogens with zero attached hydrogens (tertiary/aromatic N) is 2. The Balaban J connectivity index is 2.19. The summed E-state index contributed by atoms with van der Waals surface area (Å²) in [7, 11) is 0. The molecule has 0 saturated heterocycles. The molecule has 0 aliphatic heterocycles. The highest BCUT2D eigenvalue weighted by Crippen LogP contribution is 2.19. The van der Waals surface area contributed by atoms with Gasteiger partial charge in [-0.1, -0.05) is 11.8 Å². The highest BCUT2D eigenvalue weighted by molar-refractivity contribution is 5.90. The molecule has 140 valence electrons. The maximum atomic E-state index is 12.3. The standard InChI is InChI=1S/C22H30N2O2/c1-16(2)23(17(3)4)13-8-9-18-10-11-20-19(15-18)12-14-24(20)21(25)26-22(5,6)7/h10-12,14-17H,13H2,1-7H3. The number of carbonyl (C=O) groups is 1. The number of hydrogen-bond donors (Lipinski definition) is 0. The Morgan fingerprint density at radius 3 is 2.38 bits per heavy atom. The van der Waals surface area contributed by atoms with Gasteiger partial charge in [-0.15, -0.1) is 0 Å². The molecule has 2 rings (SSSR count). The monoisotopic (exact) mass is 354 g/mol. The van der Waals surface area contributed by atoms with Gasteiger partial charge in [-0.3, -0.25) is 9.47 Å². The molecule has 0 fully saturated rings. The first-order chi connectivity index (χ1) is 12.1. The lowest BCUT2D eigenvalue weighted by molar-refractivity contribution is 0.0544. The second-order valence-corrected chi connectivity index (χ2v) is 8.10. The van der Waals surface area contributed by atoms with E-state index in [1.807, 2.05) is 45.0 Å². The van der Waals surface area contributed by atoms with Crippen LogP contribution in [-0.4, -0.2) is 39.8 Å². The highest BCUT2D eigenvalue weighted by Gasteiger charge is 2.18. The molecule has 0 amide bonds. The summed E-state index contributed by atoms with van der Waals surface area (Å²) in [6, 6.07) is 8.73. The lowest BCUT2D eigenvalue weighted by Crippen LogP contribution is -2.37. The second kappa shape index (κ2) is 7.97. The first kappa shape index (κ1) is 20.1. The van der Waals surface area contributed by atoms with Gasteiger partial charge < -0.3 is 4.74 Å². The van der Waals surface area contributed by atoms with Gasteiger partial charge >= 0.3 is 6.09 Å². The van der Waals surface area contributed by atoms with Gasteiger partial charge in [0.15, 0.2) is 0 Å². The van der Waals surface area contributed by atoms with Crippen LogP contribution in [0.3, 0.4) is 0 Å². The Bertz CT molecular complexity index is 821. The molecular weight excluding hydrogens is 324 g/mol. The van der Waals surface area contributed by atoms with Gasteiger partial charge in [0.2, 0.25) is 0 Å². The molecule has 26 heavy (non-hydrogen) atoms. The van der Waals surface area contributed by atoms with Crippen LogP contribution in [0.15, 0.2) is 30.5 Å². The molecule has 0 N–H and O–H groups in total. The first-order valence-electron chi connectivity index (χ1n) is 9.17. The molecule has 0 spiro atoms. The molecule has 1 heterocycles. The molecule has 4 heteroatoms. The summed E-state index contributed by atoms with van der Waals surface area (Å²) in [5.74, 6) is 6.50. The summed E-state index contributed by atoms with van der Waals surface area (Å²) in [6.45, 7) is 15.1. The zero-order valence-electron chi connectivity index (χ0n) is 17.0. The average Bonchev–Trinajstić information content (AvgIpc) is 2.92. The van der Waals surface area contributed by atoms with E-state index in [4.69, 9.17) is 4.74 Å². The van der Waals surface area contributed by atoms with E-state index in [0.717, 1.165) is 23.0 Å². The third-order valence-electron chi connectivity index (χ3n) is 4.10. The van der Waals surface area contributed by atoms with Gasteiger partial charge in [-0.2, -0.15) is 0 Å². The van der Waals surface area contributed by atoms with Gasteiger partial charge in [0.05, 0.1) is 12.1 Å². The topological polar surface area (TPSA) is 34.5 Å². The molecule has 4 nitrogen and oxygen atoms in total. The summed E-state index contributed by atoms with van der Waals surface area (Å²) in [4.78, 5) is 14.7. The van der Waals surface area contributed by atoms with Crippen molar-refractivity contribution in [3.05, 3.63) is 36.0 Å². The van der Waals surface area contributed by atoms with E-state index in [-0.39, 0.29) is 6.09 Å². The van der Waals surface area contributed by atoms with Crippen molar-refractivity contribution >= 4 is 17.0 Å². The van der Waals surface area contributed by atoms with Crippen LogP contribution in [0.4, 0.5) is 4.79 Å². The Morgan fingerprint density at radius 1 is 1.15 bits per heavy atom. The molecule has 0 saturated carbocycles. The lowest BCUT2D eigenvalue weighted by Gasteiger charge is -2.28. The van der Waals surface area contributed by atoms with Crippen molar-refractivity contribution in [1.29, 1.82) is 0 Å². The number of benzene rings is 1. The van der Waals surface area contributed by atoms with E-state index in [1.165, 1.54) is 4.57 Å². The fraction of sp³-hybridized carbons (Fsp3) is 0.500. The molecule has 0 unspecified atom stereocenters. The molecule has 1 aromatic heterocycles. The lowest BCUT2D eigenvalue weighted by atomic mass is 10.1. The number of fused-ring (bicyclic) bond motifs is 1. The number of hydrogen-bond acceptors (Lipinski definition) is 3. The Kier molecular flexibility index (Phi) is 6.15. The zero-order chi connectivity index (χ0) is 19.5. The van der Waals surface area contributed by atoms with Gasteiger partial charge in [-0.25, -0.2) is 4.79 Å². The van der Waals surface area contributed by atoms with Crippen LogP contribution in [0.5, 0.6) is 0 Å². The normalized spacial score (nSPS) is 11.9. The number of ether oxygens (including phenoxy) is 1. The van der Waals surface area contributed by atoms with Crippen molar-refractivity contribution in [2.24, 2.45) is 0 Å². The third-order valence-corrected chi connectivity index (χ3v) is 4.10. The van der Waals surface area contributed by atoms with Crippen LogP contribution in [-0.2, 0) is 4.74 Å². The van der Waals surface area contributed by atoms with E-state index in [1.54, 1.807) is 6.20 Å². The Hall–Kier alpha value is -2.25. The largest absolute Gasteiger partial charge is 0.443 e. The second-order valence-electron chi connectivity index (χ2n) is 8.10. The van der Waals surface area contributed by atoms with Crippen LogP contribution in [0, 0.1) is 11.8 Å². The van der Waals surface area contributed by atoms with E-state index in [9.17, 15) is 4.79 Å². The van der Waals surface area contributed by atoms with Crippen LogP contribution in [0.2, 0.25) is 0 Å². The fourth-order valence-electron chi connectivity index (χ4n) is 2.88. The predicted octanol–water partition coefficient (Wildman–Crippen LogP) is 4.89. The van der Waals surface area contributed by atoms with Crippen LogP contribution >= 0.6 is 0 Å². The SMILES string of the molecule is CC(C)N(CC#Cc1ccc2c(ccn2C(=O)OC(C)(C)C)c1)C(C)C. The summed E-state index contributed by atoms with van der Waals surface area (Å²) < 4.78 is 6.99. The maximum Gasteiger partial charge on any atom is 0.418 e. The van der Waals surface area contributed by atoms with Crippen LogP contribution in [0.1, 0.15) is 54.0 Å². The van der Waals surface area contributed by atoms with E-state index < -0.39 is 5.60 Å². The molecule has 1 aromatic carbocycles. The Labute approximate surface area is 157 Å². The summed E-state index contributed by atoms with van der Waals surface area (Å²) >= 11 is 0. The van der Waals surface area contributed by atoms with E-state index in [2.05, 4.69) is 44.4 Å². The predicted molar refractivity (Wildman–Crippen MR) is 107 cm³/mol. The van der Waals surface area contributed by atoms with Crippen molar-refractivity contribution in [2.45, 2.75) is 66.2 Å². The smallest absolute Gasteiger partial charge is 0.418 e. The van der Waals surface area contributed by atoms with E-state index >= 15 is 0 Å². The minimum Gasteiger partial charge on any atom is -0.443 e. The average molecular weight is 354 g/mol. The van der Waals surface area contributed by atoms with Gasteiger partial charge in [0, 0.05) is 29.2 Å². The van der Waals surface area contributed by atoms with Crippen LogP contribution < -0.4 is 0 Å².